The van der Waals surface area contributed by atoms with E-state index in [1.807, 2.05) is 12.1 Å². The summed E-state index contributed by atoms with van der Waals surface area (Å²) < 4.78 is 52.4. The molecule has 0 saturated heterocycles. The van der Waals surface area contributed by atoms with Crippen molar-refractivity contribution in [3.63, 3.8) is 0 Å². The molecule has 0 radical (unpaired) electrons. The van der Waals surface area contributed by atoms with E-state index in [1.165, 1.54) is 54.5 Å². The van der Waals surface area contributed by atoms with Crippen LogP contribution in [-0.2, 0) is 21.4 Å². The van der Waals surface area contributed by atoms with E-state index in [-0.39, 0.29) is 17.1 Å². The van der Waals surface area contributed by atoms with Crippen LogP contribution in [0.1, 0.15) is 5.56 Å². The Bertz CT molecular complexity index is 1200. The number of benzene rings is 3. The third kappa shape index (κ3) is 5.61. The van der Waals surface area contributed by atoms with Crippen LogP contribution in [0.5, 0.6) is 11.5 Å². The molecule has 0 aliphatic carbocycles. The number of likely N-dealkylation sites (N-methyl/N-ethyl adjacent to an activating group) is 1. The molecule has 33 heavy (non-hydrogen) atoms. The zero-order valence-corrected chi connectivity index (χ0v) is 19.4. The number of hydrogen-bond donors (Lipinski definition) is 0. The molecule has 0 fully saturated rings. The molecular weight excluding hydrogens is 447 g/mol. The van der Waals surface area contributed by atoms with Crippen LogP contribution in [0.3, 0.4) is 0 Å². The first kappa shape index (κ1) is 24.1. The van der Waals surface area contributed by atoms with Gasteiger partial charge in [0.25, 0.3) is 10.0 Å². The van der Waals surface area contributed by atoms with Crippen molar-refractivity contribution < 1.29 is 27.1 Å². The van der Waals surface area contributed by atoms with E-state index in [0.717, 1.165) is 15.9 Å². The van der Waals surface area contributed by atoms with Crippen molar-refractivity contribution in [2.75, 3.05) is 32.1 Å². The molecule has 0 unspecified atom stereocenters. The summed E-state index contributed by atoms with van der Waals surface area (Å²) in [6.07, 6.45) is 0. The van der Waals surface area contributed by atoms with Crippen molar-refractivity contribution in [1.29, 1.82) is 0 Å². The Labute approximate surface area is 193 Å². The summed E-state index contributed by atoms with van der Waals surface area (Å²) in [7, 11) is 0.349. The fourth-order valence-electron chi connectivity index (χ4n) is 3.17. The third-order valence-electron chi connectivity index (χ3n) is 5.05. The van der Waals surface area contributed by atoms with Crippen molar-refractivity contribution in [3.8, 4) is 11.5 Å². The number of amides is 1. The van der Waals surface area contributed by atoms with Gasteiger partial charge in [-0.05, 0) is 54.1 Å². The van der Waals surface area contributed by atoms with Crippen LogP contribution in [0, 0.1) is 5.82 Å². The highest BCUT2D eigenvalue weighted by molar-refractivity contribution is 7.92. The summed E-state index contributed by atoms with van der Waals surface area (Å²) >= 11 is 0. The number of anilines is 1. The van der Waals surface area contributed by atoms with Crippen LogP contribution < -0.4 is 13.8 Å². The number of nitrogens with zero attached hydrogens (tertiary/aromatic N) is 2. The number of rotatable bonds is 9. The number of carbonyl (C=O) groups is 1. The molecule has 0 atom stereocenters. The average Bonchev–Trinajstić information content (AvgIpc) is 2.83. The lowest BCUT2D eigenvalue weighted by atomic mass is 10.2. The minimum Gasteiger partial charge on any atom is -0.497 e. The van der Waals surface area contributed by atoms with Gasteiger partial charge in [-0.15, -0.1) is 0 Å². The Balaban J connectivity index is 1.89. The Morgan fingerprint density at radius 2 is 1.42 bits per heavy atom. The SMILES string of the molecule is COc1ccc(CN(C)C(=O)CN(c2ccccc2F)S(=O)(=O)c2ccc(OC)cc2)cc1. The summed E-state index contributed by atoms with van der Waals surface area (Å²) in [6, 6.07) is 18.3. The number of carbonyl (C=O) groups excluding carboxylic acids is 1. The highest BCUT2D eigenvalue weighted by Crippen LogP contribution is 2.27. The number of ether oxygens (including phenoxy) is 2. The molecule has 0 saturated carbocycles. The van der Waals surface area contributed by atoms with Gasteiger partial charge in [-0.25, -0.2) is 12.8 Å². The van der Waals surface area contributed by atoms with E-state index >= 15 is 0 Å². The van der Waals surface area contributed by atoms with Gasteiger partial charge in [-0.3, -0.25) is 9.10 Å². The van der Waals surface area contributed by atoms with Crippen LogP contribution in [0.15, 0.2) is 77.7 Å². The minimum atomic E-state index is -4.24. The zero-order valence-electron chi connectivity index (χ0n) is 18.6. The molecule has 0 aliphatic rings. The molecule has 0 N–H and O–H groups in total. The first-order valence-electron chi connectivity index (χ1n) is 10.0. The third-order valence-corrected chi connectivity index (χ3v) is 6.83. The van der Waals surface area contributed by atoms with Crippen LogP contribution in [0.25, 0.3) is 0 Å². The van der Waals surface area contributed by atoms with E-state index in [4.69, 9.17) is 9.47 Å². The molecule has 0 aromatic heterocycles. The van der Waals surface area contributed by atoms with E-state index in [2.05, 4.69) is 0 Å². The normalized spacial score (nSPS) is 11.0. The highest BCUT2D eigenvalue weighted by Gasteiger charge is 2.30. The summed E-state index contributed by atoms with van der Waals surface area (Å²) in [5, 5.41) is 0. The number of para-hydroxylation sites is 1. The summed E-state index contributed by atoms with van der Waals surface area (Å²) in [6.45, 7) is -0.321. The molecule has 3 rings (SSSR count). The molecule has 174 valence electrons. The van der Waals surface area contributed by atoms with Crippen LogP contribution in [0.4, 0.5) is 10.1 Å². The van der Waals surface area contributed by atoms with Crippen molar-refractivity contribution >= 4 is 21.6 Å². The van der Waals surface area contributed by atoms with Crippen molar-refractivity contribution in [2.24, 2.45) is 0 Å². The highest BCUT2D eigenvalue weighted by atomic mass is 32.2. The fourth-order valence-corrected chi connectivity index (χ4v) is 4.59. The molecule has 9 heteroatoms. The summed E-state index contributed by atoms with van der Waals surface area (Å²) in [5.74, 6) is -0.0860. The number of halogens is 1. The van der Waals surface area contributed by atoms with Crippen molar-refractivity contribution in [2.45, 2.75) is 11.4 Å². The van der Waals surface area contributed by atoms with E-state index in [9.17, 15) is 17.6 Å². The summed E-state index contributed by atoms with van der Waals surface area (Å²) in [5.41, 5.74) is 0.626. The molecule has 3 aromatic carbocycles. The molecular formula is C24H25FN2O5S. The van der Waals surface area contributed by atoms with Crippen LogP contribution >= 0.6 is 0 Å². The Morgan fingerprint density at radius 1 is 0.879 bits per heavy atom. The van der Waals surface area contributed by atoms with Gasteiger partial charge in [0.2, 0.25) is 5.91 Å². The molecule has 7 nitrogen and oxygen atoms in total. The lowest BCUT2D eigenvalue weighted by Crippen LogP contribution is -2.41. The van der Waals surface area contributed by atoms with E-state index < -0.39 is 28.3 Å². The maximum atomic E-state index is 14.6. The largest absolute Gasteiger partial charge is 0.497 e. The first-order chi connectivity index (χ1) is 15.8. The Morgan fingerprint density at radius 3 is 1.97 bits per heavy atom. The molecule has 0 bridgehead atoms. The standard InChI is InChI=1S/C24H25FN2O5S/c1-26(16-18-8-10-19(31-2)11-9-18)24(28)17-27(23-7-5-4-6-22(23)25)33(29,30)21-14-12-20(32-3)13-15-21/h4-15H,16-17H2,1-3H3. The predicted molar refractivity (Wildman–Crippen MR) is 123 cm³/mol. The number of hydrogen-bond acceptors (Lipinski definition) is 5. The van der Waals surface area contributed by atoms with Crippen molar-refractivity contribution in [3.05, 3.63) is 84.2 Å². The molecule has 1 amide bonds. The predicted octanol–water partition coefficient (Wildman–Crippen LogP) is 3.70. The monoisotopic (exact) mass is 472 g/mol. The smallest absolute Gasteiger partial charge is 0.264 e. The molecule has 0 aliphatic heterocycles. The van der Waals surface area contributed by atoms with Gasteiger partial charge < -0.3 is 14.4 Å². The number of sulfonamides is 1. The second-order valence-electron chi connectivity index (χ2n) is 7.24. The molecule has 3 aromatic rings. The lowest BCUT2D eigenvalue weighted by Gasteiger charge is -2.27. The second-order valence-corrected chi connectivity index (χ2v) is 9.10. The van der Waals surface area contributed by atoms with Gasteiger partial charge in [0.1, 0.15) is 23.9 Å². The molecule has 0 heterocycles. The van der Waals surface area contributed by atoms with Crippen LogP contribution in [0.2, 0.25) is 0 Å². The average molecular weight is 473 g/mol. The van der Waals surface area contributed by atoms with Crippen molar-refractivity contribution in [1.82, 2.24) is 4.90 Å². The van der Waals surface area contributed by atoms with E-state index in [0.29, 0.717) is 11.5 Å². The lowest BCUT2D eigenvalue weighted by molar-refractivity contribution is -0.128. The Kier molecular flexibility index (Phi) is 7.55. The number of methoxy groups -OCH3 is 2. The van der Waals surface area contributed by atoms with Gasteiger partial charge in [0.05, 0.1) is 24.8 Å². The van der Waals surface area contributed by atoms with Gasteiger partial charge in [0, 0.05) is 13.6 Å². The maximum Gasteiger partial charge on any atom is 0.264 e. The summed E-state index contributed by atoms with van der Waals surface area (Å²) in [4.78, 5) is 14.3. The quantitative estimate of drug-likeness (QED) is 0.475. The molecule has 0 spiro atoms. The van der Waals surface area contributed by atoms with Crippen LogP contribution in [-0.4, -0.2) is 47.0 Å². The minimum absolute atomic E-state index is 0.0860. The second kappa shape index (κ2) is 10.4. The maximum absolute atomic E-state index is 14.6. The van der Waals surface area contributed by atoms with Gasteiger partial charge in [-0.2, -0.15) is 0 Å². The van der Waals surface area contributed by atoms with Gasteiger partial charge >= 0.3 is 0 Å². The first-order valence-corrected chi connectivity index (χ1v) is 11.5. The zero-order chi connectivity index (χ0) is 24.0. The van der Waals surface area contributed by atoms with E-state index in [1.54, 1.807) is 26.3 Å². The Hall–Kier alpha value is -3.59. The topological polar surface area (TPSA) is 76.2 Å². The fraction of sp³-hybridized carbons (Fsp3) is 0.208. The van der Waals surface area contributed by atoms with Gasteiger partial charge in [0.15, 0.2) is 0 Å². The van der Waals surface area contributed by atoms with Gasteiger partial charge in [-0.1, -0.05) is 24.3 Å².